The van der Waals surface area contributed by atoms with Crippen molar-refractivity contribution in [3.63, 3.8) is 0 Å². The van der Waals surface area contributed by atoms with Crippen molar-refractivity contribution in [3.8, 4) is 0 Å². The van der Waals surface area contributed by atoms with Crippen molar-refractivity contribution in [2.24, 2.45) is 7.05 Å². The van der Waals surface area contributed by atoms with Crippen LogP contribution in [0.25, 0.3) is 6.08 Å². The van der Waals surface area contributed by atoms with Crippen molar-refractivity contribution in [2.75, 3.05) is 5.32 Å². The molecule has 0 saturated carbocycles. The van der Waals surface area contributed by atoms with Gasteiger partial charge in [0.15, 0.2) is 6.10 Å². The Hall–Kier alpha value is -2.67. The molecular formula is C18H19ClFN3O3. The van der Waals surface area contributed by atoms with E-state index in [0.717, 1.165) is 11.8 Å². The van der Waals surface area contributed by atoms with E-state index < -0.39 is 23.8 Å². The number of amides is 1. The molecule has 1 heterocycles. The van der Waals surface area contributed by atoms with Crippen LogP contribution in [0.4, 0.5) is 10.1 Å². The number of carbonyl (C=O) groups excluding carboxylic acids is 2. The average molecular weight is 380 g/mol. The summed E-state index contributed by atoms with van der Waals surface area (Å²) in [5, 5.41) is 6.87. The first-order valence-electron chi connectivity index (χ1n) is 7.84. The molecule has 0 bridgehead atoms. The summed E-state index contributed by atoms with van der Waals surface area (Å²) in [6.07, 6.45) is 1.57. The Morgan fingerprint density at radius 1 is 1.38 bits per heavy atom. The third-order valence-electron chi connectivity index (χ3n) is 3.77. The summed E-state index contributed by atoms with van der Waals surface area (Å²) >= 11 is 5.67. The second-order valence-electron chi connectivity index (χ2n) is 5.74. The number of carbonyl (C=O) groups is 2. The third kappa shape index (κ3) is 4.70. The van der Waals surface area contributed by atoms with Gasteiger partial charge in [-0.25, -0.2) is 9.18 Å². The Labute approximate surface area is 155 Å². The Kier molecular flexibility index (Phi) is 6.15. The standard InChI is InChI=1S/C18H19ClFN3O3/c1-10-17(11(2)23(4)22-10)21-18(25)12(3)26-16(24)8-6-13-5-7-15(20)14(19)9-13/h5-9,12H,1-4H3,(H,21,25)/b8-6+/t12-/m0/s1. The highest BCUT2D eigenvalue weighted by molar-refractivity contribution is 6.30. The molecule has 0 unspecified atom stereocenters. The first-order valence-corrected chi connectivity index (χ1v) is 8.21. The molecule has 0 saturated heterocycles. The summed E-state index contributed by atoms with van der Waals surface area (Å²) in [5.74, 6) is -1.71. The quantitative estimate of drug-likeness (QED) is 0.638. The van der Waals surface area contributed by atoms with E-state index in [1.165, 1.54) is 31.2 Å². The van der Waals surface area contributed by atoms with Crippen LogP contribution < -0.4 is 5.32 Å². The van der Waals surface area contributed by atoms with Crippen LogP contribution in [0.15, 0.2) is 24.3 Å². The predicted octanol–water partition coefficient (Wildman–Crippen LogP) is 3.41. The van der Waals surface area contributed by atoms with Crippen molar-refractivity contribution in [3.05, 3.63) is 52.1 Å². The molecule has 8 heteroatoms. The average Bonchev–Trinajstić information content (AvgIpc) is 2.82. The first-order chi connectivity index (χ1) is 12.2. The summed E-state index contributed by atoms with van der Waals surface area (Å²) in [5.41, 5.74) is 2.59. The highest BCUT2D eigenvalue weighted by atomic mass is 35.5. The Balaban J connectivity index is 1.96. The van der Waals surface area contributed by atoms with Gasteiger partial charge < -0.3 is 10.1 Å². The number of ether oxygens (including phenoxy) is 1. The zero-order chi connectivity index (χ0) is 19.4. The molecule has 1 amide bonds. The highest BCUT2D eigenvalue weighted by Crippen LogP contribution is 2.19. The van der Waals surface area contributed by atoms with Crippen molar-refractivity contribution in [2.45, 2.75) is 26.9 Å². The van der Waals surface area contributed by atoms with Gasteiger partial charge in [0.2, 0.25) is 0 Å². The Bertz CT molecular complexity index is 877. The molecule has 2 rings (SSSR count). The minimum atomic E-state index is -0.997. The van der Waals surface area contributed by atoms with Crippen molar-refractivity contribution >= 4 is 35.2 Å². The molecule has 0 radical (unpaired) electrons. The fourth-order valence-electron chi connectivity index (χ4n) is 2.23. The fraction of sp³-hybridized carbons (Fsp3) is 0.278. The number of rotatable bonds is 5. The van der Waals surface area contributed by atoms with Crippen LogP contribution in [0.2, 0.25) is 5.02 Å². The lowest BCUT2D eigenvalue weighted by Gasteiger charge is -2.12. The summed E-state index contributed by atoms with van der Waals surface area (Å²) in [6, 6.07) is 4.04. The van der Waals surface area contributed by atoms with Gasteiger partial charge in [-0.1, -0.05) is 17.7 Å². The molecule has 138 valence electrons. The number of nitrogens with zero attached hydrogens (tertiary/aromatic N) is 2. The van der Waals surface area contributed by atoms with Crippen LogP contribution in [0.5, 0.6) is 0 Å². The van der Waals surface area contributed by atoms with Crippen molar-refractivity contribution < 1.29 is 18.7 Å². The molecule has 1 atom stereocenters. The van der Waals surface area contributed by atoms with Gasteiger partial charge in [0.1, 0.15) is 5.82 Å². The lowest BCUT2D eigenvalue weighted by Crippen LogP contribution is -2.29. The maximum atomic E-state index is 13.1. The molecule has 6 nitrogen and oxygen atoms in total. The Morgan fingerprint density at radius 3 is 2.65 bits per heavy atom. The van der Waals surface area contributed by atoms with Gasteiger partial charge in [-0.15, -0.1) is 0 Å². The summed E-state index contributed by atoms with van der Waals surface area (Å²) in [6.45, 7) is 5.07. The van der Waals surface area contributed by atoms with Crippen LogP contribution in [-0.4, -0.2) is 27.8 Å². The Morgan fingerprint density at radius 2 is 2.08 bits per heavy atom. The van der Waals surface area contributed by atoms with Crippen molar-refractivity contribution in [1.82, 2.24) is 9.78 Å². The number of benzene rings is 1. The smallest absolute Gasteiger partial charge is 0.331 e. The van der Waals surface area contributed by atoms with E-state index in [1.807, 2.05) is 6.92 Å². The lowest BCUT2D eigenvalue weighted by molar-refractivity contribution is -0.148. The van der Waals surface area contributed by atoms with Crippen LogP contribution in [0, 0.1) is 19.7 Å². The van der Waals surface area contributed by atoms with Gasteiger partial charge in [0.25, 0.3) is 5.91 Å². The maximum absolute atomic E-state index is 13.1. The third-order valence-corrected chi connectivity index (χ3v) is 4.06. The molecule has 1 N–H and O–H groups in total. The van der Waals surface area contributed by atoms with Crippen LogP contribution in [0.3, 0.4) is 0 Å². The second kappa shape index (κ2) is 8.14. The summed E-state index contributed by atoms with van der Waals surface area (Å²) < 4.78 is 19.8. The number of hydrogen-bond acceptors (Lipinski definition) is 4. The summed E-state index contributed by atoms with van der Waals surface area (Å²) in [7, 11) is 1.77. The topological polar surface area (TPSA) is 73.2 Å². The normalized spacial score (nSPS) is 12.2. The van der Waals surface area contributed by atoms with Crippen LogP contribution >= 0.6 is 11.6 Å². The number of nitrogens with one attached hydrogen (secondary N) is 1. The van der Waals surface area contributed by atoms with Gasteiger partial charge in [0, 0.05) is 13.1 Å². The highest BCUT2D eigenvalue weighted by Gasteiger charge is 2.20. The van der Waals surface area contributed by atoms with Gasteiger partial charge >= 0.3 is 5.97 Å². The van der Waals surface area contributed by atoms with E-state index in [1.54, 1.807) is 18.7 Å². The van der Waals surface area contributed by atoms with E-state index in [0.29, 0.717) is 16.9 Å². The van der Waals surface area contributed by atoms with Crippen LogP contribution in [0.1, 0.15) is 23.9 Å². The predicted molar refractivity (Wildman–Crippen MR) is 97.3 cm³/mol. The van der Waals surface area contributed by atoms with E-state index in [2.05, 4.69) is 10.4 Å². The zero-order valence-electron chi connectivity index (χ0n) is 14.8. The number of aromatic nitrogens is 2. The van der Waals surface area contributed by atoms with Crippen molar-refractivity contribution in [1.29, 1.82) is 0 Å². The number of halogens is 2. The van der Waals surface area contributed by atoms with Gasteiger partial charge in [-0.2, -0.15) is 5.10 Å². The van der Waals surface area contributed by atoms with E-state index in [9.17, 15) is 14.0 Å². The molecule has 1 aromatic heterocycles. The van der Waals surface area contributed by atoms with Gasteiger partial charge in [-0.3, -0.25) is 9.48 Å². The molecule has 0 aliphatic heterocycles. The molecule has 0 aliphatic carbocycles. The number of anilines is 1. The molecule has 0 aliphatic rings. The molecule has 2 aromatic rings. The summed E-state index contributed by atoms with van der Waals surface area (Å²) in [4.78, 5) is 24.1. The molecular weight excluding hydrogens is 361 g/mol. The molecule has 0 spiro atoms. The van der Waals surface area contributed by atoms with Gasteiger partial charge in [-0.05, 0) is 44.5 Å². The minimum absolute atomic E-state index is 0.0459. The van der Waals surface area contributed by atoms with E-state index in [-0.39, 0.29) is 5.02 Å². The minimum Gasteiger partial charge on any atom is -0.449 e. The monoisotopic (exact) mass is 379 g/mol. The number of esters is 1. The SMILES string of the molecule is Cc1nn(C)c(C)c1NC(=O)[C@H](C)OC(=O)/C=C/c1ccc(F)c(Cl)c1. The zero-order valence-corrected chi connectivity index (χ0v) is 15.6. The molecule has 1 aromatic carbocycles. The number of aryl methyl sites for hydroxylation is 2. The second-order valence-corrected chi connectivity index (χ2v) is 6.15. The number of hydrogen-bond donors (Lipinski definition) is 1. The lowest BCUT2D eigenvalue weighted by atomic mass is 10.2. The molecule has 26 heavy (non-hydrogen) atoms. The fourth-order valence-corrected chi connectivity index (χ4v) is 2.42. The van der Waals surface area contributed by atoms with Gasteiger partial charge in [0.05, 0.1) is 22.1 Å². The first kappa shape index (κ1) is 19.7. The maximum Gasteiger partial charge on any atom is 0.331 e. The van der Waals surface area contributed by atoms with E-state index in [4.69, 9.17) is 16.3 Å². The largest absolute Gasteiger partial charge is 0.449 e. The van der Waals surface area contributed by atoms with Crippen LogP contribution in [-0.2, 0) is 21.4 Å². The molecule has 0 fully saturated rings. The van der Waals surface area contributed by atoms with E-state index >= 15 is 0 Å².